The first-order chi connectivity index (χ1) is 14.8. The molecule has 164 valence electrons. The highest BCUT2D eigenvalue weighted by molar-refractivity contribution is 5.93. The van der Waals surface area contributed by atoms with Gasteiger partial charge in [-0.25, -0.2) is 15.0 Å². The van der Waals surface area contributed by atoms with Crippen LogP contribution in [-0.2, 0) is 15.6 Å². The van der Waals surface area contributed by atoms with Gasteiger partial charge in [0.05, 0.1) is 22.4 Å². The van der Waals surface area contributed by atoms with Crippen LogP contribution in [0.4, 0.5) is 0 Å². The van der Waals surface area contributed by atoms with Crippen LogP contribution in [0.25, 0.3) is 11.0 Å². The van der Waals surface area contributed by atoms with Crippen LogP contribution in [0.1, 0.15) is 45.0 Å². The molecule has 2 unspecified atom stereocenters. The number of carbonyl (C=O) groups excluding carboxylic acids is 1. The topological polar surface area (TPSA) is 79.8 Å². The molecule has 1 saturated carbocycles. The van der Waals surface area contributed by atoms with Gasteiger partial charge in [-0.15, -0.1) is 0 Å². The number of hydrogen-bond acceptors (Lipinski definition) is 7. The first-order valence-corrected chi connectivity index (χ1v) is 11.1. The summed E-state index contributed by atoms with van der Waals surface area (Å²) in [5, 5.41) is 2.06. The predicted octanol–water partition coefficient (Wildman–Crippen LogP) is 1.97. The van der Waals surface area contributed by atoms with Gasteiger partial charge in [-0.3, -0.25) is 10.2 Å². The third-order valence-corrected chi connectivity index (χ3v) is 8.68. The van der Waals surface area contributed by atoms with Crippen molar-refractivity contribution in [3.63, 3.8) is 0 Å². The second-order valence-electron chi connectivity index (χ2n) is 10.2. The number of benzene rings is 1. The molecular formula is C23H29N5O3. The van der Waals surface area contributed by atoms with E-state index < -0.39 is 5.41 Å². The minimum atomic E-state index is -0.696. The van der Waals surface area contributed by atoms with E-state index in [0.717, 1.165) is 61.4 Å². The Morgan fingerprint density at radius 1 is 0.968 bits per heavy atom. The van der Waals surface area contributed by atoms with Crippen LogP contribution in [-0.4, -0.2) is 65.8 Å². The molecule has 1 aromatic heterocycles. The summed E-state index contributed by atoms with van der Waals surface area (Å²) in [5.74, 6) is 1.45. The average Bonchev–Trinajstić information content (AvgIpc) is 3.31. The normalized spacial score (nSPS) is 31.2. The summed E-state index contributed by atoms with van der Waals surface area (Å²) in [6, 6.07) is 3.79. The lowest BCUT2D eigenvalue weighted by Gasteiger charge is -2.41. The molecule has 2 aromatic rings. The predicted molar refractivity (Wildman–Crippen MR) is 115 cm³/mol. The maximum absolute atomic E-state index is 13.9. The number of amides is 1. The van der Waals surface area contributed by atoms with E-state index in [4.69, 9.17) is 19.4 Å². The van der Waals surface area contributed by atoms with E-state index in [0.29, 0.717) is 11.5 Å². The van der Waals surface area contributed by atoms with Crippen LogP contribution < -0.4 is 14.9 Å². The van der Waals surface area contributed by atoms with Crippen LogP contribution >= 0.6 is 0 Å². The van der Waals surface area contributed by atoms with E-state index >= 15 is 0 Å². The van der Waals surface area contributed by atoms with Crippen molar-refractivity contribution in [3.8, 4) is 11.5 Å². The molecule has 0 radical (unpaired) electrons. The number of likely N-dealkylation sites (N-methyl/N-ethyl adjacent to an activating group) is 1. The second kappa shape index (κ2) is 6.07. The number of hydrazine groups is 1. The molecule has 3 heterocycles. The van der Waals surface area contributed by atoms with Gasteiger partial charge in [-0.05, 0) is 25.3 Å². The molecule has 4 aliphatic rings. The largest absolute Gasteiger partial charge is 0.454 e. The van der Waals surface area contributed by atoms with E-state index in [1.54, 1.807) is 0 Å². The minimum Gasteiger partial charge on any atom is -0.454 e. The molecule has 2 atom stereocenters. The Morgan fingerprint density at radius 3 is 2.23 bits per heavy atom. The summed E-state index contributed by atoms with van der Waals surface area (Å²) in [5.41, 5.74) is 5.40. The lowest BCUT2D eigenvalue weighted by molar-refractivity contribution is -0.136. The number of nitrogens with zero attached hydrogens (tertiary/aromatic N) is 4. The molecule has 2 bridgehead atoms. The van der Waals surface area contributed by atoms with Gasteiger partial charge in [0.2, 0.25) is 12.7 Å². The molecule has 1 aromatic carbocycles. The number of piperazine rings is 1. The summed E-state index contributed by atoms with van der Waals surface area (Å²) in [7, 11) is 2.11. The highest BCUT2D eigenvalue weighted by atomic mass is 16.7. The Balaban J connectivity index is 1.47. The third-order valence-electron chi connectivity index (χ3n) is 8.68. The fourth-order valence-corrected chi connectivity index (χ4v) is 6.15. The molecule has 8 heteroatoms. The van der Waals surface area contributed by atoms with Gasteiger partial charge in [0, 0.05) is 43.7 Å². The van der Waals surface area contributed by atoms with Crippen LogP contribution in [0.15, 0.2) is 12.1 Å². The molecule has 8 nitrogen and oxygen atoms in total. The lowest BCUT2D eigenvalue weighted by atomic mass is 9.63. The molecule has 2 aliphatic heterocycles. The maximum Gasteiger partial charge on any atom is 0.247 e. The van der Waals surface area contributed by atoms with Crippen molar-refractivity contribution in [2.45, 2.75) is 44.4 Å². The molecule has 2 fully saturated rings. The van der Waals surface area contributed by atoms with Crippen molar-refractivity contribution in [2.75, 3.05) is 40.0 Å². The van der Waals surface area contributed by atoms with Crippen molar-refractivity contribution in [1.82, 2.24) is 25.3 Å². The fraction of sp³-hybridized carbons (Fsp3) is 0.609. The molecule has 2 aliphatic carbocycles. The van der Waals surface area contributed by atoms with Crippen molar-refractivity contribution >= 4 is 16.9 Å². The number of nitrogens with one attached hydrogen (secondary N) is 1. The molecule has 31 heavy (non-hydrogen) atoms. The van der Waals surface area contributed by atoms with Crippen molar-refractivity contribution < 1.29 is 14.3 Å². The Kier molecular flexibility index (Phi) is 3.77. The van der Waals surface area contributed by atoms with Crippen molar-refractivity contribution in [3.05, 3.63) is 23.5 Å². The smallest absolute Gasteiger partial charge is 0.247 e. The van der Waals surface area contributed by atoms with Crippen LogP contribution in [0.2, 0.25) is 0 Å². The highest BCUT2D eigenvalue weighted by Gasteiger charge is 2.73. The van der Waals surface area contributed by atoms with Gasteiger partial charge in [0.15, 0.2) is 11.5 Å². The number of carbonyl (C=O) groups is 1. The SMILES string of the molecule is CN1CCN(NC(=O)C23CCC(C)(c4nc5cc6c(cc5nc42)OCO6)C3(C)C)CC1. The summed E-state index contributed by atoms with van der Waals surface area (Å²) in [4.78, 5) is 26.4. The highest BCUT2D eigenvalue weighted by Crippen LogP contribution is 2.70. The Bertz CT molecular complexity index is 1110. The third kappa shape index (κ3) is 2.29. The van der Waals surface area contributed by atoms with Crippen molar-refractivity contribution in [2.24, 2.45) is 5.41 Å². The van der Waals surface area contributed by atoms with E-state index in [9.17, 15) is 4.79 Å². The van der Waals surface area contributed by atoms with Crippen LogP contribution in [0, 0.1) is 5.41 Å². The maximum atomic E-state index is 13.9. The number of hydrogen-bond donors (Lipinski definition) is 1. The van der Waals surface area contributed by atoms with Crippen LogP contribution in [0.5, 0.6) is 11.5 Å². The molecule has 1 saturated heterocycles. The summed E-state index contributed by atoms with van der Waals surface area (Å²) < 4.78 is 11.1. The van der Waals surface area contributed by atoms with E-state index in [2.05, 4.69) is 43.2 Å². The van der Waals surface area contributed by atoms with Gasteiger partial charge < -0.3 is 14.4 Å². The zero-order chi connectivity index (χ0) is 21.6. The fourth-order valence-electron chi connectivity index (χ4n) is 6.15. The number of aromatic nitrogens is 2. The van der Waals surface area contributed by atoms with Crippen LogP contribution in [0.3, 0.4) is 0 Å². The first-order valence-electron chi connectivity index (χ1n) is 11.1. The van der Waals surface area contributed by atoms with Gasteiger partial charge in [-0.1, -0.05) is 20.8 Å². The summed E-state index contributed by atoms with van der Waals surface area (Å²) in [6.45, 7) is 10.4. The Morgan fingerprint density at radius 2 is 1.58 bits per heavy atom. The van der Waals surface area contributed by atoms with Crippen molar-refractivity contribution in [1.29, 1.82) is 0 Å². The Hall–Kier alpha value is -2.45. The number of ether oxygens (including phenoxy) is 2. The number of rotatable bonds is 2. The van der Waals surface area contributed by atoms with Gasteiger partial charge in [-0.2, -0.15) is 0 Å². The molecule has 1 amide bonds. The average molecular weight is 424 g/mol. The zero-order valence-electron chi connectivity index (χ0n) is 18.6. The van der Waals surface area contributed by atoms with Gasteiger partial charge in [0.25, 0.3) is 0 Å². The standard InChI is InChI=1S/C23H29N5O3/c1-21(2)22(3)5-6-23(21,20(29)26-28-9-7-27(4)8-10-28)19-18(22)24-14-11-16-17(31-13-30-16)12-15(14)25-19/h11-12H,5-10,13H2,1-4H3,(H,26,29). The quantitative estimate of drug-likeness (QED) is 0.791. The number of fused-ring (bicyclic) bond motifs is 7. The lowest BCUT2D eigenvalue weighted by Crippen LogP contribution is -2.59. The molecule has 0 spiro atoms. The van der Waals surface area contributed by atoms with E-state index in [1.807, 2.05) is 12.1 Å². The second-order valence-corrected chi connectivity index (χ2v) is 10.2. The van der Waals surface area contributed by atoms with Gasteiger partial charge in [0.1, 0.15) is 5.41 Å². The van der Waals surface area contributed by atoms with E-state index in [-0.39, 0.29) is 23.5 Å². The minimum absolute atomic E-state index is 0.0546. The Labute approximate surface area is 181 Å². The monoisotopic (exact) mass is 423 g/mol. The summed E-state index contributed by atoms with van der Waals surface area (Å²) >= 11 is 0. The summed E-state index contributed by atoms with van der Waals surface area (Å²) in [6.07, 6.45) is 1.71. The first kappa shape index (κ1) is 19.3. The van der Waals surface area contributed by atoms with Gasteiger partial charge >= 0.3 is 0 Å². The molecule has 1 N–H and O–H groups in total. The molecular weight excluding hydrogens is 394 g/mol. The molecule has 6 rings (SSSR count). The van der Waals surface area contributed by atoms with E-state index in [1.165, 1.54) is 0 Å². The zero-order valence-corrected chi connectivity index (χ0v) is 18.6.